The number of carbonyl (C=O) groups excluding carboxylic acids is 1. The summed E-state index contributed by atoms with van der Waals surface area (Å²) in [4.78, 5) is 22.9. The molecule has 1 saturated carbocycles. The van der Waals surface area contributed by atoms with Crippen molar-refractivity contribution in [3.05, 3.63) is 29.6 Å². The molecule has 1 aromatic carbocycles. The highest BCUT2D eigenvalue weighted by Gasteiger charge is 2.44. The fraction of sp³-hybridized carbons (Fsp3) is 0.357. The summed E-state index contributed by atoms with van der Waals surface area (Å²) >= 11 is 0. The van der Waals surface area contributed by atoms with Crippen molar-refractivity contribution >= 4 is 17.7 Å². The lowest BCUT2D eigenvalue weighted by molar-refractivity contribution is -0.153. The molecule has 1 aliphatic carbocycles. The van der Waals surface area contributed by atoms with Gasteiger partial charge in [-0.1, -0.05) is 12.5 Å². The molecule has 0 heterocycles. The van der Waals surface area contributed by atoms with Crippen LogP contribution in [0.3, 0.4) is 0 Å². The van der Waals surface area contributed by atoms with E-state index < -0.39 is 23.2 Å². The lowest BCUT2D eigenvalue weighted by atomic mass is 9.69. The molecule has 3 N–H and O–H groups in total. The van der Waals surface area contributed by atoms with E-state index >= 15 is 0 Å². The van der Waals surface area contributed by atoms with Gasteiger partial charge in [-0.2, -0.15) is 5.26 Å². The van der Waals surface area contributed by atoms with Crippen LogP contribution in [0.15, 0.2) is 18.2 Å². The Kier molecular flexibility index (Phi) is 4.08. The lowest BCUT2D eigenvalue weighted by Crippen LogP contribution is -2.48. The Labute approximate surface area is 120 Å². The van der Waals surface area contributed by atoms with Crippen molar-refractivity contribution < 1.29 is 19.1 Å². The molecule has 1 fully saturated rings. The molecule has 0 atom stereocenters. The van der Waals surface area contributed by atoms with Crippen LogP contribution in [0.5, 0.6) is 0 Å². The maximum absolute atomic E-state index is 13.4. The predicted molar refractivity (Wildman–Crippen MR) is 72.1 cm³/mol. The second-order valence-corrected chi connectivity index (χ2v) is 5.02. The van der Waals surface area contributed by atoms with E-state index in [9.17, 15) is 14.0 Å². The van der Waals surface area contributed by atoms with Gasteiger partial charge in [0, 0.05) is 6.54 Å². The van der Waals surface area contributed by atoms with Gasteiger partial charge in [0.05, 0.1) is 11.1 Å². The number of amides is 2. The van der Waals surface area contributed by atoms with Gasteiger partial charge in [-0.05, 0) is 25.0 Å². The molecule has 0 saturated heterocycles. The Hall–Kier alpha value is -2.62. The smallest absolute Gasteiger partial charge is 0.319 e. The third-order valence-corrected chi connectivity index (χ3v) is 3.73. The molecule has 2 rings (SSSR count). The zero-order chi connectivity index (χ0) is 15.5. The van der Waals surface area contributed by atoms with Crippen LogP contribution in [0.2, 0.25) is 0 Å². The standard InChI is InChI=1S/C14H14FN3O3/c15-10-3-1-4-11(9(10)7-16)18-13(21)17-8-14(12(19)20)5-2-6-14/h1,3-4H,2,5-6,8H2,(H,19,20)(H2,17,18,21). The number of carboxylic acids is 1. The third kappa shape index (κ3) is 2.94. The number of hydrogen-bond donors (Lipinski definition) is 3. The molecule has 0 aromatic heterocycles. The molecule has 1 aliphatic rings. The summed E-state index contributed by atoms with van der Waals surface area (Å²) in [6, 6.07) is 4.90. The SMILES string of the molecule is N#Cc1c(F)cccc1NC(=O)NCC1(C(=O)O)CCC1. The molecule has 6 nitrogen and oxygen atoms in total. The van der Waals surface area contributed by atoms with Gasteiger partial charge in [0.25, 0.3) is 0 Å². The van der Waals surface area contributed by atoms with Crippen LogP contribution in [-0.2, 0) is 4.79 Å². The summed E-state index contributed by atoms with van der Waals surface area (Å²) < 4.78 is 13.4. The van der Waals surface area contributed by atoms with Crippen LogP contribution in [0, 0.1) is 22.6 Å². The Bertz CT molecular complexity index is 620. The number of nitriles is 1. The van der Waals surface area contributed by atoms with Crippen molar-refractivity contribution in [2.45, 2.75) is 19.3 Å². The van der Waals surface area contributed by atoms with Crippen LogP contribution in [0.1, 0.15) is 24.8 Å². The summed E-state index contributed by atoms with van der Waals surface area (Å²) in [6.45, 7) is 0.00533. The van der Waals surface area contributed by atoms with E-state index in [-0.39, 0.29) is 17.8 Å². The third-order valence-electron chi connectivity index (χ3n) is 3.73. The van der Waals surface area contributed by atoms with Crippen LogP contribution in [0.4, 0.5) is 14.9 Å². The average molecular weight is 291 g/mol. The van der Waals surface area contributed by atoms with Gasteiger partial charge < -0.3 is 15.7 Å². The van der Waals surface area contributed by atoms with Gasteiger partial charge in [0.15, 0.2) is 0 Å². The highest BCUT2D eigenvalue weighted by molar-refractivity contribution is 5.91. The van der Waals surface area contributed by atoms with Gasteiger partial charge >= 0.3 is 12.0 Å². The van der Waals surface area contributed by atoms with E-state index in [1.54, 1.807) is 6.07 Å². The van der Waals surface area contributed by atoms with E-state index in [1.165, 1.54) is 12.1 Å². The Morgan fingerprint density at radius 3 is 2.67 bits per heavy atom. The Balaban J connectivity index is 1.99. The number of rotatable bonds is 4. The van der Waals surface area contributed by atoms with Crippen LogP contribution >= 0.6 is 0 Å². The molecular weight excluding hydrogens is 277 g/mol. The number of hydrogen-bond acceptors (Lipinski definition) is 3. The molecule has 0 unspecified atom stereocenters. The average Bonchev–Trinajstić information content (AvgIpc) is 2.37. The minimum atomic E-state index is -0.933. The number of aliphatic carboxylic acids is 1. The normalized spacial score (nSPS) is 15.4. The molecule has 21 heavy (non-hydrogen) atoms. The first kappa shape index (κ1) is 14.8. The highest BCUT2D eigenvalue weighted by Crippen LogP contribution is 2.40. The van der Waals surface area contributed by atoms with Crippen molar-refractivity contribution in [1.29, 1.82) is 5.26 Å². The fourth-order valence-electron chi connectivity index (χ4n) is 2.23. The second kappa shape index (κ2) is 5.79. The molecule has 0 radical (unpaired) electrons. The van der Waals surface area contributed by atoms with Gasteiger partial charge in [-0.25, -0.2) is 9.18 Å². The highest BCUT2D eigenvalue weighted by atomic mass is 19.1. The first-order chi connectivity index (χ1) is 9.98. The summed E-state index contributed by atoms with van der Waals surface area (Å²) in [5.41, 5.74) is -1.12. The summed E-state index contributed by atoms with van der Waals surface area (Å²) in [5.74, 6) is -1.66. The van der Waals surface area contributed by atoms with Crippen molar-refractivity contribution in [3.63, 3.8) is 0 Å². The van der Waals surface area contributed by atoms with Crippen LogP contribution < -0.4 is 10.6 Å². The number of carbonyl (C=O) groups is 2. The van der Waals surface area contributed by atoms with Gasteiger partial charge in [-0.15, -0.1) is 0 Å². The number of nitrogens with zero attached hydrogens (tertiary/aromatic N) is 1. The lowest BCUT2D eigenvalue weighted by Gasteiger charge is -2.37. The number of nitrogens with one attached hydrogen (secondary N) is 2. The van der Waals surface area contributed by atoms with Gasteiger partial charge in [0.2, 0.25) is 0 Å². The monoisotopic (exact) mass is 291 g/mol. The molecule has 110 valence electrons. The van der Waals surface area contributed by atoms with E-state index in [1.807, 2.05) is 0 Å². The minimum absolute atomic E-state index is 0.00533. The van der Waals surface area contributed by atoms with Crippen LogP contribution in [0.25, 0.3) is 0 Å². The van der Waals surface area contributed by atoms with Gasteiger partial charge in [0.1, 0.15) is 17.4 Å². The molecule has 1 aromatic rings. The minimum Gasteiger partial charge on any atom is -0.481 e. The van der Waals surface area contributed by atoms with Crippen molar-refractivity contribution in [2.75, 3.05) is 11.9 Å². The Morgan fingerprint density at radius 1 is 1.43 bits per heavy atom. The number of carboxylic acid groups (broad SMARTS) is 1. The maximum Gasteiger partial charge on any atom is 0.319 e. The predicted octanol–water partition coefficient (Wildman–Crippen LogP) is 2.07. The molecule has 7 heteroatoms. The van der Waals surface area contributed by atoms with Crippen molar-refractivity contribution in [1.82, 2.24) is 5.32 Å². The number of urea groups is 1. The van der Waals surface area contributed by atoms with E-state index in [2.05, 4.69) is 10.6 Å². The largest absolute Gasteiger partial charge is 0.481 e. The fourth-order valence-corrected chi connectivity index (χ4v) is 2.23. The van der Waals surface area contributed by atoms with Crippen molar-refractivity contribution in [2.24, 2.45) is 5.41 Å². The summed E-state index contributed by atoms with van der Waals surface area (Å²) in [5, 5.41) is 22.8. The maximum atomic E-state index is 13.4. The van der Waals surface area contributed by atoms with Gasteiger partial charge in [-0.3, -0.25) is 4.79 Å². The molecule has 0 spiro atoms. The number of halogens is 1. The Morgan fingerprint density at radius 2 is 2.14 bits per heavy atom. The molecule has 0 aliphatic heterocycles. The van der Waals surface area contributed by atoms with Crippen LogP contribution in [-0.4, -0.2) is 23.7 Å². The molecular formula is C14H14FN3O3. The number of anilines is 1. The first-order valence-electron chi connectivity index (χ1n) is 6.45. The molecule has 2 amide bonds. The summed E-state index contributed by atoms with van der Waals surface area (Å²) in [7, 11) is 0. The molecule has 0 bridgehead atoms. The zero-order valence-electron chi connectivity index (χ0n) is 11.1. The van der Waals surface area contributed by atoms with E-state index in [0.717, 1.165) is 12.5 Å². The van der Waals surface area contributed by atoms with Crippen molar-refractivity contribution in [3.8, 4) is 6.07 Å². The second-order valence-electron chi connectivity index (χ2n) is 5.02. The number of benzene rings is 1. The quantitative estimate of drug-likeness (QED) is 0.790. The van der Waals surface area contributed by atoms with E-state index in [0.29, 0.717) is 12.8 Å². The van der Waals surface area contributed by atoms with E-state index in [4.69, 9.17) is 10.4 Å². The summed E-state index contributed by atoms with van der Waals surface area (Å²) in [6.07, 6.45) is 1.86. The topological polar surface area (TPSA) is 102 Å². The first-order valence-corrected chi connectivity index (χ1v) is 6.45. The zero-order valence-corrected chi connectivity index (χ0v) is 11.1.